The molecule has 0 aromatic heterocycles. The molecule has 0 atom stereocenters. The number of halogens is 2. The Hall–Kier alpha value is -3.61. The summed E-state index contributed by atoms with van der Waals surface area (Å²) < 4.78 is 5.46. The number of amides is 2. The minimum Gasteiger partial charge on any atom is -0.423 e. The third-order valence-corrected chi connectivity index (χ3v) is 6.00. The summed E-state index contributed by atoms with van der Waals surface area (Å²) in [4.78, 5) is 39.0. The van der Waals surface area contributed by atoms with Gasteiger partial charge in [-0.15, -0.1) is 0 Å². The first-order valence-electron chi connectivity index (χ1n) is 10.8. The number of imide groups is 1. The molecule has 3 aromatic rings. The molecule has 2 amide bonds. The zero-order chi connectivity index (χ0) is 25.3. The van der Waals surface area contributed by atoms with Gasteiger partial charge in [-0.1, -0.05) is 62.2 Å². The van der Waals surface area contributed by atoms with E-state index in [9.17, 15) is 14.4 Å². The number of nitrogens with one attached hydrogen (secondary N) is 1. The fourth-order valence-electron chi connectivity index (χ4n) is 3.48. The minimum absolute atomic E-state index is 0.000193. The number of carbonyl (C=O) groups is 3. The van der Waals surface area contributed by atoms with Gasteiger partial charge in [-0.2, -0.15) is 0 Å². The van der Waals surface area contributed by atoms with Gasteiger partial charge in [-0.05, 0) is 65.6 Å². The normalized spacial score (nSPS) is 13.9. The van der Waals surface area contributed by atoms with Crippen LogP contribution >= 0.6 is 23.2 Å². The summed E-state index contributed by atoms with van der Waals surface area (Å²) in [5, 5.41) is 3.02. The van der Waals surface area contributed by atoms with E-state index in [0.29, 0.717) is 27.7 Å². The Morgan fingerprint density at radius 3 is 2.14 bits per heavy atom. The molecule has 1 heterocycles. The van der Waals surface area contributed by atoms with Gasteiger partial charge in [0.05, 0.1) is 11.3 Å². The molecule has 0 radical (unpaired) electrons. The summed E-state index contributed by atoms with van der Waals surface area (Å²) in [5.74, 6) is -1.33. The number of ether oxygens (including phenoxy) is 1. The summed E-state index contributed by atoms with van der Waals surface area (Å²) in [6.45, 7) is 6.32. The van der Waals surface area contributed by atoms with Crippen LogP contribution in [0.5, 0.6) is 5.75 Å². The molecule has 0 spiro atoms. The molecule has 178 valence electrons. The van der Waals surface area contributed by atoms with Gasteiger partial charge in [0.25, 0.3) is 11.8 Å². The van der Waals surface area contributed by atoms with E-state index in [-0.39, 0.29) is 16.1 Å². The number of nitrogens with zero attached hydrogens (tertiary/aromatic N) is 1. The van der Waals surface area contributed by atoms with Crippen molar-refractivity contribution in [3.8, 4) is 5.75 Å². The maximum absolute atomic E-state index is 12.9. The fraction of sp³-hybridized carbons (Fsp3) is 0.148. The highest BCUT2D eigenvalue weighted by Crippen LogP contribution is 2.31. The number of esters is 1. The van der Waals surface area contributed by atoms with Gasteiger partial charge in [0.1, 0.15) is 16.5 Å². The molecule has 1 aliphatic heterocycles. The molecule has 0 fully saturated rings. The average molecular weight is 509 g/mol. The average Bonchev–Trinajstić information content (AvgIpc) is 3.02. The van der Waals surface area contributed by atoms with Crippen LogP contribution in [0.2, 0.25) is 5.02 Å². The summed E-state index contributed by atoms with van der Waals surface area (Å²) in [5.41, 5.74) is 2.18. The number of hydrogen-bond donors (Lipinski definition) is 1. The van der Waals surface area contributed by atoms with E-state index in [1.54, 1.807) is 54.6 Å². The van der Waals surface area contributed by atoms with Crippen molar-refractivity contribution in [1.82, 2.24) is 0 Å². The zero-order valence-electron chi connectivity index (χ0n) is 19.3. The molecule has 0 saturated heterocycles. The predicted octanol–water partition coefficient (Wildman–Crippen LogP) is 6.29. The molecule has 0 unspecified atom stereocenters. The van der Waals surface area contributed by atoms with Gasteiger partial charge in [-0.25, -0.2) is 9.69 Å². The van der Waals surface area contributed by atoms with Crippen molar-refractivity contribution in [3.63, 3.8) is 0 Å². The maximum atomic E-state index is 12.9. The van der Waals surface area contributed by atoms with Crippen LogP contribution in [0, 0.1) is 0 Å². The first kappa shape index (κ1) is 24.5. The molecular formula is C27H22Cl2N2O4. The van der Waals surface area contributed by atoms with Crippen molar-refractivity contribution in [2.24, 2.45) is 0 Å². The Bertz CT molecular complexity index is 1340. The van der Waals surface area contributed by atoms with Crippen molar-refractivity contribution in [3.05, 3.63) is 99.7 Å². The molecular weight excluding hydrogens is 487 g/mol. The van der Waals surface area contributed by atoms with Gasteiger partial charge < -0.3 is 10.1 Å². The first-order chi connectivity index (χ1) is 16.5. The summed E-state index contributed by atoms with van der Waals surface area (Å²) >= 11 is 12.2. The Morgan fingerprint density at radius 1 is 0.886 bits per heavy atom. The van der Waals surface area contributed by atoms with Crippen molar-refractivity contribution < 1.29 is 19.1 Å². The predicted molar refractivity (Wildman–Crippen MR) is 137 cm³/mol. The van der Waals surface area contributed by atoms with Gasteiger partial charge >= 0.3 is 5.97 Å². The van der Waals surface area contributed by atoms with E-state index in [1.165, 1.54) is 6.07 Å². The van der Waals surface area contributed by atoms with Crippen molar-refractivity contribution >= 4 is 52.4 Å². The summed E-state index contributed by atoms with van der Waals surface area (Å²) in [6.07, 6.45) is 0. The lowest BCUT2D eigenvalue weighted by Gasteiger charge is -2.19. The van der Waals surface area contributed by atoms with Gasteiger partial charge in [0, 0.05) is 10.7 Å². The molecule has 3 aromatic carbocycles. The quantitative estimate of drug-likeness (QED) is 0.249. The van der Waals surface area contributed by atoms with Crippen LogP contribution in [0.4, 0.5) is 11.4 Å². The van der Waals surface area contributed by atoms with Crippen LogP contribution in [-0.2, 0) is 15.0 Å². The van der Waals surface area contributed by atoms with E-state index in [4.69, 9.17) is 27.9 Å². The van der Waals surface area contributed by atoms with E-state index >= 15 is 0 Å². The standard InChI is InChI=1S/C27H22Cl2N2O4/c1-27(2,3)17-9-13-21(14-10-17)35-26(34)16-7-11-19(12-8-16)30-23-22(29)24(32)31(25(23)33)20-6-4-5-18(28)15-20/h4-15,30H,1-3H3. The first-order valence-corrected chi connectivity index (χ1v) is 11.5. The third kappa shape index (κ3) is 5.24. The van der Waals surface area contributed by atoms with Crippen LogP contribution in [0.15, 0.2) is 83.5 Å². The second-order valence-electron chi connectivity index (χ2n) is 8.98. The Labute approximate surface area is 213 Å². The minimum atomic E-state index is -0.654. The molecule has 0 aliphatic carbocycles. The Kier molecular flexibility index (Phi) is 6.70. The van der Waals surface area contributed by atoms with Crippen molar-refractivity contribution in [2.45, 2.75) is 26.2 Å². The third-order valence-electron chi connectivity index (χ3n) is 5.41. The lowest BCUT2D eigenvalue weighted by molar-refractivity contribution is -0.120. The molecule has 1 aliphatic rings. The number of carbonyl (C=O) groups excluding carboxylic acids is 3. The molecule has 4 rings (SSSR count). The maximum Gasteiger partial charge on any atom is 0.343 e. The highest BCUT2D eigenvalue weighted by atomic mass is 35.5. The number of benzene rings is 3. The van der Waals surface area contributed by atoms with E-state index in [1.807, 2.05) is 12.1 Å². The second kappa shape index (κ2) is 9.56. The van der Waals surface area contributed by atoms with Crippen molar-refractivity contribution in [1.29, 1.82) is 0 Å². The zero-order valence-corrected chi connectivity index (χ0v) is 20.8. The van der Waals surface area contributed by atoms with Crippen LogP contribution in [0.1, 0.15) is 36.7 Å². The number of anilines is 2. The summed E-state index contributed by atoms with van der Waals surface area (Å²) in [6, 6.07) is 20.0. The van der Waals surface area contributed by atoms with E-state index < -0.39 is 17.8 Å². The Morgan fingerprint density at radius 2 is 1.54 bits per heavy atom. The highest BCUT2D eigenvalue weighted by Gasteiger charge is 2.39. The topological polar surface area (TPSA) is 75.7 Å². The number of rotatable bonds is 5. The number of hydrogen-bond acceptors (Lipinski definition) is 5. The molecule has 0 saturated carbocycles. The molecule has 35 heavy (non-hydrogen) atoms. The molecule has 0 bridgehead atoms. The van der Waals surface area contributed by atoms with Crippen LogP contribution in [0.3, 0.4) is 0 Å². The Balaban J connectivity index is 1.45. The lowest BCUT2D eigenvalue weighted by atomic mass is 9.87. The molecule has 6 nitrogen and oxygen atoms in total. The van der Waals surface area contributed by atoms with Crippen molar-refractivity contribution in [2.75, 3.05) is 10.2 Å². The molecule has 8 heteroatoms. The van der Waals surface area contributed by atoms with Gasteiger partial charge in [-0.3, -0.25) is 9.59 Å². The van der Waals surface area contributed by atoms with Gasteiger partial charge in [0.15, 0.2) is 0 Å². The monoisotopic (exact) mass is 508 g/mol. The van der Waals surface area contributed by atoms with Gasteiger partial charge in [0.2, 0.25) is 0 Å². The smallest absolute Gasteiger partial charge is 0.343 e. The fourth-order valence-corrected chi connectivity index (χ4v) is 3.88. The molecule has 1 N–H and O–H groups in total. The largest absolute Gasteiger partial charge is 0.423 e. The second-order valence-corrected chi connectivity index (χ2v) is 9.80. The van der Waals surface area contributed by atoms with E-state index in [2.05, 4.69) is 26.1 Å². The van der Waals surface area contributed by atoms with Crippen LogP contribution < -0.4 is 15.0 Å². The van der Waals surface area contributed by atoms with Crippen LogP contribution in [-0.4, -0.2) is 17.8 Å². The van der Waals surface area contributed by atoms with Crippen LogP contribution in [0.25, 0.3) is 0 Å². The lowest BCUT2D eigenvalue weighted by Crippen LogP contribution is -2.32. The summed E-state index contributed by atoms with van der Waals surface area (Å²) in [7, 11) is 0. The highest BCUT2D eigenvalue weighted by molar-refractivity contribution is 6.53. The SMILES string of the molecule is CC(C)(C)c1ccc(OC(=O)c2ccc(NC3=C(Cl)C(=O)N(c4cccc(Cl)c4)C3=O)cc2)cc1. The van der Waals surface area contributed by atoms with E-state index in [0.717, 1.165) is 10.5 Å².